The second kappa shape index (κ2) is 72.5. The quantitative estimate of drug-likeness (QED) is 0.0169. The lowest BCUT2D eigenvalue weighted by Gasteiger charge is -2.21. The van der Waals surface area contributed by atoms with Crippen molar-refractivity contribution in [3.05, 3.63) is 134 Å². The topological polar surface area (TPSA) is 237 Å². The van der Waals surface area contributed by atoms with Gasteiger partial charge >= 0.3 is 39.5 Å². The third-order valence-corrected chi connectivity index (χ3v) is 17.5. The van der Waals surface area contributed by atoms with Gasteiger partial charge in [-0.25, -0.2) is 9.13 Å². The van der Waals surface area contributed by atoms with E-state index < -0.39 is 97.5 Å². The Hall–Kier alpha value is -4.80. The highest BCUT2D eigenvalue weighted by atomic mass is 31.2. The van der Waals surface area contributed by atoms with Crippen molar-refractivity contribution in [2.24, 2.45) is 0 Å². The summed E-state index contributed by atoms with van der Waals surface area (Å²) in [5.74, 6) is -2.29. The van der Waals surface area contributed by atoms with Crippen molar-refractivity contribution in [2.45, 2.75) is 316 Å². The summed E-state index contributed by atoms with van der Waals surface area (Å²) >= 11 is 0. The van der Waals surface area contributed by atoms with Crippen molar-refractivity contribution in [3.8, 4) is 0 Å². The van der Waals surface area contributed by atoms with Gasteiger partial charge in [0.2, 0.25) is 0 Å². The predicted molar refractivity (Wildman–Crippen MR) is 408 cm³/mol. The minimum absolute atomic E-state index is 0.0623. The molecule has 5 atom stereocenters. The zero-order chi connectivity index (χ0) is 73.2. The van der Waals surface area contributed by atoms with Gasteiger partial charge in [-0.3, -0.25) is 37.3 Å². The predicted octanol–water partition coefficient (Wildman–Crippen LogP) is 22.1. The molecule has 0 aromatic rings. The Bertz CT molecular complexity index is 2420. The molecule has 0 amide bonds. The number of hydrogen-bond acceptors (Lipinski definition) is 15. The van der Waals surface area contributed by atoms with E-state index in [0.29, 0.717) is 25.7 Å². The third-order valence-electron chi connectivity index (χ3n) is 15.6. The van der Waals surface area contributed by atoms with Crippen LogP contribution in [0.2, 0.25) is 0 Å². The molecule has 100 heavy (non-hydrogen) atoms. The van der Waals surface area contributed by atoms with Crippen LogP contribution in [0.5, 0.6) is 0 Å². The maximum absolute atomic E-state index is 13.1. The van der Waals surface area contributed by atoms with Crippen LogP contribution in [0.3, 0.4) is 0 Å². The van der Waals surface area contributed by atoms with E-state index in [2.05, 4.69) is 161 Å². The molecule has 3 N–H and O–H groups in total. The minimum atomic E-state index is -4.99. The largest absolute Gasteiger partial charge is 0.472 e. The van der Waals surface area contributed by atoms with Gasteiger partial charge in [0, 0.05) is 25.7 Å². The van der Waals surface area contributed by atoms with Crippen molar-refractivity contribution in [3.63, 3.8) is 0 Å². The number of aliphatic hydroxyl groups excluding tert-OH is 1. The molecule has 572 valence electrons. The Morgan fingerprint density at radius 3 is 0.820 bits per heavy atom. The molecule has 17 nitrogen and oxygen atoms in total. The Morgan fingerprint density at radius 1 is 0.290 bits per heavy atom. The number of rotatable bonds is 71. The van der Waals surface area contributed by atoms with Crippen LogP contribution in [-0.2, 0) is 65.4 Å². The van der Waals surface area contributed by atoms with Gasteiger partial charge in [-0.2, -0.15) is 0 Å². The number of phosphoric ester groups is 2. The second-order valence-corrected chi connectivity index (χ2v) is 28.1. The number of ether oxygens (including phenoxy) is 4. The van der Waals surface area contributed by atoms with Crippen molar-refractivity contribution in [1.29, 1.82) is 0 Å². The zero-order valence-electron chi connectivity index (χ0n) is 62.3. The Balaban J connectivity index is 5.44. The van der Waals surface area contributed by atoms with Crippen molar-refractivity contribution in [1.82, 2.24) is 0 Å². The lowest BCUT2D eigenvalue weighted by molar-refractivity contribution is -0.161. The van der Waals surface area contributed by atoms with Gasteiger partial charge in [-0.05, 0) is 135 Å². The smallest absolute Gasteiger partial charge is 0.462 e. The van der Waals surface area contributed by atoms with Crippen molar-refractivity contribution < 1.29 is 80.2 Å². The van der Waals surface area contributed by atoms with Gasteiger partial charge in [-0.1, -0.05) is 271 Å². The Labute approximate surface area is 605 Å². The van der Waals surface area contributed by atoms with E-state index in [0.717, 1.165) is 154 Å². The first-order valence-corrected chi connectivity index (χ1v) is 41.4. The summed E-state index contributed by atoms with van der Waals surface area (Å²) in [5.41, 5.74) is 0. The van der Waals surface area contributed by atoms with E-state index in [-0.39, 0.29) is 25.7 Å². The lowest BCUT2D eigenvalue weighted by Crippen LogP contribution is -2.30. The third kappa shape index (κ3) is 71.6. The second-order valence-electron chi connectivity index (χ2n) is 25.2. The van der Waals surface area contributed by atoms with E-state index in [1.807, 2.05) is 0 Å². The first-order valence-electron chi connectivity index (χ1n) is 38.4. The molecule has 19 heteroatoms. The van der Waals surface area contributed by atoms with E-state index in [9.17, 15) is 43.2 Å². The fourth-order valence-electron chi connectivity index (χ4n) is 9.86. The molecular formula is C81H136O17P2. The standard InChI is InChI=1S/C81H136O17P2/c1-5-9-13-17-21-25-29-33-37-41-45-49-53-57-61-65-78(83)91-71-76(97-80(85)67-63-59-55-51-47-43-39-35-31-27-23-19-15-11-7-3)73-95-99(87,88)93-69-75(82)70-94-100(89,90)96-74-77(98-81(86)68-64-60-56-52-48-44-40-36-32-28-24-20-16-12-8-4)72-92-79(84)66-62-58-54-50-46-42-38-34-30-26-22-18-14-10-6-2/h9-11,13-15,21-23,25-27,33-35,37-39,45-46,49-50,75-77,82H,5-8,12,16-20,24,28-32,36,40-44,47-48,51-74H2,1-4H3,(H,87,88)(H,89,90)/b13-9-,14-10-,15-11-,25-21-,26-22-,27-23-,37-33-,38-34-,39-35-,49-45-,50-46-. The van der Waals surface area contributed by atoms with E-state index in [1.165, 1.54) is 64.2 Å². The van der Waals surface area contributed by atoms with Crippen LogP contribution in [0.25, 0.3) is 0 Å². The molecule has 0 saturated heterocycles. The molecule has 0 aliphatic rings. The molecule has 0 heterocycles. The molecular weight excluding hydrogens is 1310 g/mol. The summed E-state index contributed by atoms with van der Waals surface area (Å²) in [5, 5.41) is 10.6. The average Bonchev–Trinajstić information content (AvgIpc) is 1.01. The number of carbonyl (C=O) groups excluding carboxylic acids is 4. The highest BCUT2D eigenvalue weighted by molar-refractivity contribution is 7.47. The number of hydrogen-bond donors (Lipinski definition) is 3. The molecule has 5 unspecified atom stereocenters. The van der Waals surface area contributed by atoms with Crippen LogP contribution in [0.1, 0.15) is 297 Å². The molecule has 0 aromatic carbocycles. The molecule has 0 bridgehead atoms. The fourth-order valence-corrected chi connectivity index (χ4v) is 11.4. The summed E-state index contributed by atoms with van der Waals surface area (Å²) in [6, 6.07) is 0. The molecule has 0 rings (SSSR count). The van der Waals surface area contributed by atoms with Crippen LogP contribution in [0, 0.1) is 0 Å². The van der Waals surface area contributed by atoms with Gasteiger partial charge in [0.05, 0.1) is 26.4 Å². The summed E-state index contributed by atoms with van der Waals surface area (Å²) in [6.45, 7) is 4.42. The highest BCUT2D eigenvalue weighted by Crippen LogP contribution is 2.45. The SMILES string of the molecule is CC/C=C\C/C=C\C/C=C\C/C=C\CCCCC(=O)OCC(COP(=O)(O)OCC(O)COP(=O)(O)OCC(COC(=O)CCCC/C=C\C/C=C\C/C=C\C/C=C\CC)OC(=O)CCCCCCCCCCCCCCCCC)OC(=O)CCCCCCC/C=C\C/C=C\C/C=C\CC. The summed E-state index contributed by atoms with van der Waals surface area (Å²) < 4.78 is 68.4. The van der Waals surface area contributed by atoms with Crippen molar-refractivity contribution >= 4 is 39.5 Å². The monoisotopic (exact) mass is 1440 g/mol. The van der Waals surface area contributed by atoms with Gasteiger partial charge < -0.3 is 33.8 Å². The van der Waals surface area contributed by atoms with Crippen molar-refractivity contribution in [2.75, 3.05) is 39.6 Å². The maximum atomic E-state index is 13.1. The Morgan fingerprint density at radius 2 is 0.520 bits per heavy atom. The maximum Gasteiger partial charge on any atom is 0.472 e. The lowest BCUT2D eigenvalue weighted by atomic mass is 10.0. The van der Waals surface area contributed by atoms with E-state index in [1.54, 1.807) is 0 Å². The number of allylic oxidation sites excluding steroid dienone is 22. The van der Waals surface area contributed by atoms with Gasteiger partial charge in [0.1, 0.15) is 19.3 Å². The van der Waals surface area contributed by atoms with E-state index in [4.69, 9.17) is 37.0 Å². The van der Waals surface area contributed by atoms with Gasteiger partial charge in [0.25, 0.3) is 0 Å². The minimum Gasteiger partial charge on any atom is -0.462 e. The van der Waals surface area contributed by atoms with E-state index >= 15 is 0 Å². The van der Waals surface area contributed by atoms with Gasteiger partial charge in [-0.15, -0.1) is 0 Å². The summed E-state index contributed by atoms with van der Waals surface area (Å²) in [7, 11) is -9.98. The number of esters is 4. The summed E-state index contributed by atoms with van der Waals surface area (Å²) in [6.07, 6.45) is 80.2. The molecule has 0 spiro atoms. The molecule has 0 radical (unpaired) electrons. The highest BCUT2D eigenvalue weighted by Gasteiger charge is 2.30. The summed E-state index contributed by atoms with van der Waals surface area (Å²) in [4.78, 5) is 72.9. The molecule has 0 fully saturated rings. The molecule has 0 aromatic heterocycles. The number of phosphoric acid groups is 2. The first kappa shape index (κ1) is 95.2. The molecule has 0 saturated carbocycles. The zero-order valence-corrected chi connectivity index (χ0v) is 64.1. The molecule has 0 aliphatic carbocycles. The normalized spacial score (nSPS) is 14.7. The number of aliphatic hydroxyl groups is 1. The number of unbranched alkanes of at least 4 members (excludes halogenated alkanes) is 23. The fraction of sp³-hybridized carbons (Fsp3) is 0.679. The number of carbonyl (C=O) groups is 4. The van der Waals surface area contributed by atoms with Crippen LogP contribution in [0.15, 0.2) is 134 Å². The van der Waals surface area contributed by atoms with Crippen LogP contribution in [-0.4, -0.2) is 96.7 Å². The first-order chi connectivity index (χ1) is 48.7. The van der Waals surface area contributed by atoms with Crippen LogP contribution < -0.4 is 0 Å². The average molecular weight is 1440 g/mol. The van der Waals surface area contributed by atoms with Crippen LogP contribution in [0.4, 0.5) is 0 Å². The van der Waals surface area contributed by atoms with Gasteiger partial charge in [0.15, 0.2) is 12.2 Å². The molecule has 0 aliphatic heterocycles. The van der Waals surface area contributed by atoms with Crippen LogP contribution >= 0.6 is 15.6 Å². The Kier molecular flexibility index (Phi) is 69.1.